The second kappa shape index (κ2) is 16.1. The zero-order valence-corrected chi connectivity index (χ0v) is 35.0. The molecule has 0 spiro atoms. The number of aliphatic carboxylic acids is 1. The average molecular weight is 836 g/mol. The molecule has 4 N–H and O–H groups in total. The van der Waals surface area contributed by atoms with Gasteiger partial charge in [0.25, 0.3) is 0 Å². The van der Waals surface area contributed by atoms with Gasteiger partial charge in [-0.15, -0.1) is 11.3 Å². The number of nitrogens with one attached hydrogen (secondary N) is 3. The number of likely N-dealkylation sites (tertiary alicyclic amines) is 1. The van der Waals surface area contributed by atoms with Gasteiger partial charge < -0.3 is 40.2 Å². The van der Waals surface area contributed by atoms with Crippen molar-refractivity contribution in [2.45, 2.75) is 116 Å². The lowest BCUT2D eigenvalue weighted by Gasteiger charge is -2.35. The Bertz CT molecular complexity index is 2140. The minimum atomic E-state index is -1.43. The Balaban J connectivity index is 1.21. The van der Waals surface area contributed by atoms with Gasteiger partial charge in [0.1, 0.15) is 58.1 Å². The molecule has 4 fully saturated rings. The first-order valence-electron chi connectivity index (χ1n) is 19.9. The summed E-state index contributed by atoms with van der Waals surface area (Å²) < 4.78 is 18.0. The quantitative estimate of drug-likeness (QED) is 0.139. The number of ether oxygens (including phenoxy) is 3. The van der Waals surface area contributed by atoms with E-state index in [4.69, 9.17) is 41.0 Å². The first-order valence-corrected chi connectivity index (χ1v) is 21.1. The van der Waals surface area contributed by atoms with Crippen LogP contribution in [0.4, 0.5) is 9.93 Å². The van der Waals surface area contributed by atoms with E-state index < -0.39 is 53.0 Å². The summed E-state index contributed by atoms with van der Waals surface area (Å²) in [6.07, 6.45) is 1.99. The third-order valence-electron chi connectivity index (χ3n) is 11.6. The SMILES string of the molecule is CC[C@@H]1CC1(NC(=O)[C@@H]1C[C@H](Oc2cc(-c3csc(NC(C)C)n3)nc3c(Cl)c(OCC#N)ccc23)CN1C(=O)[C@@H](NC(=O)OC1C[C@@H]2C[C@@H]2C1)C(C)(C)C)C(=O)O. The molecular weight excluding hydrogens is 786 g/mol. The summed E-state index contributed by atoms with van der Waals surface area (Å²) >= 11 is 8.25. The number of benzene rings is 1. The third-order valence-corrected chi connectivity index (χ3v) is 12.8. The number of halogens is 1. The van der Waals surface area contributed by atoms with E-state index in [-0.39, 0.29) is 54.8 Å². The number of carboxylic acids is 1. The molecule has 0 bridgehead atoms. The fraction of sp³-hybridized carbons (Fsp3) is 0.585. The van der Waals surface area contributed by atoms with Crippen molar-refractivity contribution in [1.82, 2.24) is 25.5 Å². The lowest BCUT2D eigenvalue weighted by Crippen LogP contribution is -2.59. The number of hydrogen-bond donors (Lipinski definition) is 4. The molecule has 15 nitrogen and oxygen atoms in total. The Hall–Kier alpha value is -4.88. The molecule has 310 valence electrons. The number of rotatable bonds is 14. The van der Waals surface area contributed by atoms with Gasteiger partial charge in [0, 0.05) is 29.3 Å². The van der Waals surface area contributed by atoms with Crippen molar-refractivity contribution in [2.75, 3.05) is 18.5 Å². The molecule has 3 aliphatic carbocycles. The molecule has 8 atom stereocenters. The van der Waals surface area contributed by atoms with Gasteiger partial charge in [-0.2, -0.15) is 5.26 Å². The standard InChI is InChI=1S/C41H50ClN7O8S/c1-7-23-17-41(23,37(52)53)48-35(50)29-15-25(18-49(29)36(51)34(40(4,5)6)47-39(54)57-24-13-21-12-22(21)14-24)56-31-16-27(28-19-58-38(46-28)44-20(2)3)45-33-26(31)8-9-30(32(33)42)55-11-10-43/h8-9,16,19-25,29,34H,7,11-15,17-18H2,1-6H3,(H,44,46)(H,47,54)(H,48,50)(H,52,53)/t21-,22+,23-,24?,25+,29+,34-,41?/m1/s1. The molecule has 7 rings (SSSR count). The van der Waals surface area contributed by atoms with Gasteiger partial charge in [-0.3, -0.25) is 9.59 Å². The maximum absolute atomic E-state index is 14.7. The van der Waals surface area contributed by atoms with E-state index in [0.717, 1.165) is 19.3 Å². The number of amides is 3. The summed E-state index contributed by atoms with van der Waals surface area (Å²) in [6.45, 7) is 11.0. The summed E-state index contributed by atoms with van der Waals surface area (Å²) in [6, 6.07) is 4.92. The molecule has 3 saturated carbocycles. The van der Waals surface area contributed by atoms with Crippen molar-refractivity contribution in [3.8, 4) is 29.0 Å². The molecular formula is C41H50ClN7O8S. The van der Waals surface area contributed by atoms with E-state index >= 15 is 0 Å². The van der Waals surface area contributed by atoms with Crippen LogP contribution in [0.2, 0.25) is 5.02 Å². The van der Waals surface area contributed by atoms with Crippen LogP contribution in [0, 0.1) is 34.5 Å². The van der Waals surface area contributed by atoms with Crippen molar-refractivity contribution < 1.29 is 38.5 Å². The number of anilines is 1. The number of carbonyl (C=O) groups excluding carboxylic acids is 3. The first kappa shape index (κ1) is 41.3. The fourth-order valence-electron chi connectivity index (χ4n) is 8.39. The van der Waals surface area contributed by atoms with Crippen LogP contribution in [0.25, 0.3) is 22.3 Å². The highest BCUT2D eigenvalue weighted by Crippen LogP contribution is 2.52. The Morgan fingerprint density at radius 3 is 2.47 bits per heavy atom. The van der Waals surface area contributed by atoms with Crippen LogP contribution in [0.15, 0.2) is 23.6 Å². The van der Waals surface area contributed by atoms with Gasteiger partial charge in [-0.1, -0.05) is 45.7 Å². The zero-order valence-electron chi connectivity index (χ0n) is 33.5. The van der Waals surface area contributed by atoms with E-state index in [1.165, 1.54) is 16.2 Å². The van der Waals surface area contributed by atoms with Crippen molar-refractivity contribution in [2.24, 2.45) is 23.2 Å². The van der Waals surface area contributed by atoms with Crippen molar-refractivity contribution >= 4 is 62.8 Å². The molecule has 0 radical (unpaired) electrons. The van der Waals surface area contributed by atoms with Crippen molar-refractivity contribution in [3.05, 3.63) is 28.6 Å². The normalized spacial score (nSPS) is 26.4. The van der Waals surface area contributed by atoms with Gasteiger partial charge in [-0.05, 0) is 74.8 Å². The van der Waals surface area contributed by atoms with E-state index in [1.54, 1.807) is 18.2 Å². The van der Waals surface area contributed by atoms with E-state index in [9.17, 15) is 24.3 Å². The smallest absolute Gasteiger partial charge is 0.408 e. The van der Waals surface area contributed by atoms with Crippen LogP contribution in [0.5, 0.6) is 11.5 Å². The number of nitriles is 1. The summed E-state index contributed by atoms with van der Waals surface area (Å²) in [5.41, 5.74) is -0.909. The predicted octanol–water partition coefficient (Wildman–Crippen LogP) is 6.39. The van der Waals surface area contributed by atoms with Gasteiger partial charge in [0.2, 0.25) is 11.8 Å². The van der Waals surface area contributed by atoms with Crippen LogP contribution in [-0.2, 0) is 19.1 Å². The van der Waals surface area contributed by atoms with E-state index in [0.29, 0.717) is 51.4 Å². The van der Waals surface area contributed by atoms with E-state index in [1.807, 2.05) is 53.0 Å². The lowest BCUT2D eigenvalue weighted by atomic mass is 9.85. The topological polar surface area (TPSA) is 205 Å². The number of aromatic nitrogens is 2. The number of carbonyl (C=O) groups is 4. The highest BCUT2D eigenvalue weighted by molar-refractivity contribution is 7.14. The Morgan fingerprint density at radius 2 is 1.83 bits per heavy atom. The number of alkyl carbamates (subject to hydrolysis) is 1. The van der Waals surface area contributed by atoms with E-state index in [2.05, 4.69) is 16.0 Å². The molecule has 2 unspecified atom stereocenters. The Labute approximate surface area is 346 Å². The van der Waals surface area contributed by atoms with Crippen LogP contribution in [-0.4, -0.2) is 92.9 Å². The molecule has 58 heavy (non-hydrogen) atoms. The van der Waals surface area contributed by atoms with Gasteiger partial charge in [0.15, 0.2) is 11.7 Å². The Kier molecular flexibility index (Phi) is 11.4. The molecule has 1 aliphatic heterocycles. The maximum Gasteiger partial charge on any atom is 0.408 e. The fourth-order valence-corrected chi connectivity index (χ4v) is 9.50. The van der Waals surface area contributed by atoms with Crippen molar-refractivity contribution in [3.63, 3.8) is 0 Å². The van der Waals surface area contributed by atoms with Gasteiger partial charge in [0.05, 0.1) is 17.8 Å². The molecule has 2 aromatic heterocycles. The van der Waals surface area contributed by atoms with Crippen molar-refractivity contribution in [1.29, 1.82) is 5.26 Å². The zero-order chi connectivity index (χ0) is 41.7. The van der Waals surface area contributed by atoms with Gasteiger partial charge in [-0.25, -0.2) is 19.6 Å². The summed E-state index contributed by atoms with van der Waals surface area (Å²) in [4.78, 5) is 65.6. The maximum atomic E-state index is 14.7. The predicted molar refractivity (Wildman–Crippen MR) is 217 cm³/mol. The van der Waals surface area contributed by atoms with Crippen LogP contribution in [0.1, 0.15) is 80.1 Å². The molecule has 4 aliphatic rings. The second-order valence-electron chi connectivity index (χ2n) is 17.3. The molecule has 1 aromatic carbocycles. The first-order chi connectivity index (χ1) is 27.5. The number of nitrogens with zero attached hydrogens (tertiary/aromatic N) is 4. The third kappa shape index (κ3) is 8.47. The highest BCUT2D eigenvalue weighted by Gasteiger charge is 2.61. The van der Waals surface area contributed by atoms with Crippen LogP contribution >= 0.6 is 22.9 Å². The summed E-state index contributed by atoms with van der Waals surface area (Å²) in [5, 5.41) is 31.4. The molecule has 3 aromatic rings. The second-order valence-corrected chi connectivity index (χ2v) is 18.6. The number of carboxylic acid groups (broad SMARTS) is 1. The number of hydrogen-bond acceptors (Lipinski definition) is 12. The monoisotopic (exact) mass is 835 g/mol. The number of thiazole rings is 1. The summed E-state index contributed by atoms with van der Waals surface area (Å²) in [7, 11) is 0. The van der Waals surface area contributed by atoms with Crippen LogP contribution < -0.4 is 25.4 Å². The number of fused-ring (bicyclic) bond motifs is 2. The number of pyridine rings is 1. The molecule has 3 heterocycles. The Morgan fingerprint density at radius 1 is 1.09 bits per heavy atom. The van der Waals surface area contributed by atoms with Gasteiger partial charge >= 0.3 is 12.1 Å². The minimum Gasteiger partial charge on any atom is -0.488 e. The average Bonchev–Trinajstić information content (AvgIpc) is 3.83. The summed E-state index contributed by atoms with van der Waals surface area (Å²) in [5.74, 6) is -0.729. The van der Waals surface area contributed by atoms with Crippen LogP contribution in [0.3, 0.4) is 0 Å². The largest absolute Gasteiger partial charge is 0.488 e. The molecule has 3 amide bonds. The molecule has 17 heteroatoms. The highest BCUT2D eigenvalue weighted by atomic mass is 35.5. The molecule has 1 saturated heterocycles. The lowest BCUT2D eigenvalue weighted by molar-refractivity contribution is -0.146. The minimum absolute atomic E-state index is 0.0195.